The van der Waals surface area contributed by atoms with Gasteiger partial charge in [-0.25, -0.2) is 4.57 Å². The standard InChI is InChI=1S/C26H21O4P/c1-2-22-24(30-31(27,28)29)18-23(19-12-6-3-7-13-19)26(21-16-10-5-11-17-21)25(22)20-14-8-4-9-15-20/h2-18H,1H2,(H2,27,28,29). The van der Waals surface area contributed by atoms with Gasteiger partial charge in [-0.2, -0.15) is 0 Å². The first-order valence-corrected chi connectivity index (χ1v) is 11.3. The third kappa shape index (κ3) is 4.52. The number of rotatable bonds is 6. The average Bonchev–Trinajstić information content (AvgIpc) is 2.79. The Hall–Kier alpha value is -3.43. The number of hydrogen-bond acceptors (Lipinski definition) is 2. The van der Waals surface area contributed by atoms with Crippen LogP contribution in [0.2, 0.25) is 0 Å². The number of phosphoric ester groups is 1. The van der Waals surface area contributed by atoms with E-state index in [2.05, 4.69) is 6.58 Å². The molecule has 31 heavy (non-hydrogen) atoms. The Bertz CT molecular complexity index is 1250. The van der Waals surface area contributed by atoms with E-state index in [9.17, 15) is 14.4 Å². The Kier molecular flexibility index (Phi) is 5.88. The first-order chi connectivity index (χ1) is 15.0. The Labute approximate surface area is 181 Å². The second-order valence-corrected chi connectivity index (χ2v) is 8.13. The van der Waals surface area contributed by atoms with Crippen LogP contribution in [0.15, 0.2) is 104 Å². The second-order valence-electron chi connectivity index (χ2n) is 6.97. The van der Waals surface area contributed by atoms with Crippen molar-refractivity contribution in [1.29, 1.82) is 0 Å². The Morgan fingerprint density at radius 2 is 1.16 bits per heavy atom. The molecule has 0 aromatic heterocycles. The molecule has 5 heteroatoms. The van der Waals surface area contributed by atoms with Gasteiger partial charge in [-0.1, -0.05) is 104 Å². The molecule has 0 heterocycles. The van der Waals surface area contributed by atoms with E-state index < -0.39 is 7.82 Å². The van der Waals surface area contributed by atoms with Crippen molar-refractivity contribution in [2.45, 2.75) is 0 Å². The maximum atomic E-state index is 11.8. The highest BCUT2D eigenvalue weighted by Gasteiger charge is 2.25. The molecular weight excluding hydrogens is 407 g/mol. The lowest BCUT2D eigenvalue weighted by Gasteiger charge is -2.22. The largest absolute Gasteiger partial charge is 0.524 e. The highest BCUT2D eigenvalue weighted by atomic mass is 31.2. The zero-order valence-corrected chi connectivity index (χ0v) is 17.6. The minimum Gasteiger partial charge on any atom is -0.404 e. The summed E-state index contributed by atoms with van der Waals surface area (Å²) in [5.41, 5.74) is 5.84. The van der Waals surface area contributed by atoms with Gasteiger partial charge < -0.3 is 4.52 Å². The monoisotopic (exact) mass is 428 g/mol. The maximum absolute atomic E-state index is 11.8. The molecule has 0 saturated heterocycles. The fourth-order valence-corrected chi connectivity index (χ4v) is 4.14. The zero-order chi connectivity index (χ0) is 21.8. The molecule has 4 nitrogen and oxygen atoms in total. The normalized spacial score (nSPS) is 11.2. The van der Waals surface area contributed by atoms with Gasteiger partial charge in [0.25, 0.3) is 0 Å². The summed E-state index contributed by atoms with van der Waals surface area (Å²) in [4.78, 5) is 19.1. The summed E-state index contributed by atoms with van der Waals surface area (Å²) >= 11 is 0. The summed E-state index contributed by atoms with van der Waals surface area (Å²) in [6, 6.07) is 31.0. The van der Waals surface area contributed by atoms with Crippen LogP contribution in [0.1, 0.15) is 5.56 Å². The van der Waals surface area contributed by atoms with Crippen LogP contribution >= 0.6 is 7.82 Å². The number of phosphoric acid groups is 1. The van der Waals surface area contributed by atoms with Gasteiger partial charge in [0.15, 0.2) is 0 Å². The van der Waals surface area contributed by atoms with Gasteiger partial charge in [-0.3, -0.25) is 9.79 Å². The summed E-state index contributed by atoms with van der Waals surface area (Å²) < 4.78 is 16.9. The molecule has 0 saturated carbocycles. The van der Waals surface area contributed by atoms with Crippen molar-refractivity contribution in [3.63, 3.8) is 0 Å². The van der Waals surface area contributed by atoms with E-state index >= 15 is 0 Å². The van der Waals surface area contributed by atoms with Crippen LogP contribution in [0.4, 0.5) is 0 Å². The van der Waals surface area contributed by atoms with E-state index in [-0.39, 0.29) is 5.75 Å². The maximum Gasteiger partial charge on any atom is 0.524 e. The Morgan fingerprint density at radius 1 is 0.710 bits per heavy atom. The Morgan fingerprint density at radius 3 is 1.61 bits per heavy atom. The lowest BCUT2D eigenvalue weighted by atomic mass is 9.84. The van der Waals surface area contributed by atoms with Crippen molar-refractivity contribution in [3.8, 4) is 39.1 Å². The lowest BCUT2D eigenvalue weighted by Crippen LogP contribution is -1.99. The molecule has 0 aliphatic heterocycles. The van der Waals surface area contributed by atoms with Crippen molar-refractivity contribution < 1.29 is 18.9 Å². The molecule has 0 amide bonds. The van der Waals surface area contributed by atoms with Crippen LogP contribution in [0.3, 0.4) is 0 Å². The van der Waals surface area contributed by atoms with Gasteiger partial charge in [0, 0.05) is 11.1 Å². The molecule has 0 aliphatic rings. The molecule has 0 radical (unpaired) electrons. The van der Waals surface area contributed by atoms with Crippen molar-refractivity contribution in [2.24, 2.45) is 0 Å². The first kappa shape index (κ1) is 20.8. The number of hydrogen-bond donors (Lipinski definition) is 2. The van der Waals surface area contributed by atoms with Crippen LogP contribution in [0.25, 0.3) is 39.5 Å². The summed E-state index contributed by atoms with van der Waals surface area (Å²) in [6.45, 7) is 3.91. The molecule has 154 valence electrons. The molecule has 0 aliphatic carbocycles. The van der Waals surface area contributed by atoms with E-state index in [1.807, 2.05) is 91.0 Å². The summed E-state index contributed by atoms with van der Waals surface area (Å²) in [5, 5.41) is 0. The van der Waals surface area contributed by atoms with Crippen LogP contribution in [-0.2, 0) is 4.57 Å². The van der Waals surface area contributed by atoms with Crippen LogP contribution in [-0.4, -0.2) is 9.79 Å². The van der Waals surface area contributed by atoms with E-state index in [1.165, 1.54) is 0 Å². The Balaban J connectivity index is 2.17. The highest BCUT2D eigenvalue weighted by Crippen LogP contribution is 2.49. The van der Waals surface area contributed by atoms with Crippen LogP contribution in [0.5, 0.6) is 5.75 Å². The van der Waals surface area contributed by atoms with Crippen LogP contribution < -0.4 is 4.52 Å². The van der Waals surface area contributed by atoms with E-state index in [1.54, 1.807) is 12.1 Å². The van der Waals surface area contributed by atoms with Gasteiger partial charge in [0.1, 0.15) is 5.75 Å². The minimum absolute atomic E-state index is 0.0840. The molecule has 4 aromatic rings. The van der Waals surface area contributed by atoms with E-state index in [4.69, 9.17) is 4.52 Å². The van der Waals surface area contributed by atoms with E-state index in [0.717, 1.165) is 33.4 Å². The highest BCUT2D eigenvalue weighted by molar-refractivity contribution is 7.46. The quantitative estimate of drug-likeness (QED) is 0.331. The van der Waals surface area contributed by atoms with Crippen molar-refractivity contribution >= 4 is 13.9 Å². The topological polar surface area (TPSA) is 66.8 Å². The SMILES string of the molecule is C=Cc1c(OP(=O)(O)O)cc(-c2ccccc2)c(-c2ccccc2)c1-c1ccccc1. The van der Waals surface area contributed by atoms with Crippen molar-refractivity contribution in [3.05, 3.63) is 109 Å². The molecule has 0 fully saturated rings. The van der Waals surface area contributed by atoms with Crippen molar-refractivity contribution in [2.75, 3.05) is 0 Å². The average molecular weight is 428 g/mol. The van der Waals surface area contributed by atoms with Gasteiger partial charge in [-0.05, 0) is 33.9 Å². The smallest absolute Gasteiger partial charge is 0.404 e. The fraction of sp³-hybridized carbons (Fsp3) is 0. The molecule has 4 aromatic carbocycles. The summed E-state index contributed by atoms with van der Waals surface area (Å²) in [5.74, 6) is 0.0840. The van der Waals surface area contributed by atoms with Gasteiger partial charge in [0.05, 0.1) is 0 Å². The lowest BCUT2D eigenvalue weighted by molar-refractivity contribution is 0.283. The summed E-state index contributed by atoms with van der Waals surface area (Å²) in [6.07, 6.45) is 1.58. The third-order valence-corrected chi connectivity index (χ3v) is 5.40. The minimum atomic E-state index is -4.79. The molecule has 2 N–H and O–H groups in total. The summed E-state index contributed by atoms with van der Waals surface area (Å²) in [7, 11) is -4.79. The molecule has 4 rings (SSSR count). The van der Waals surface area contributed by atoms with Gasteiger partial charge in [0.2, 0.25) is 0 Å². The number of benzene rings is 4. The molecule has 0 atom stereocenters. The van der Waals surface area contributed by atoms with Gasteiger partial charge >= 0.3 is 7.82 Å². The molecule has 0 bridgehead atoms. The van der Waals surface area contributed by atoms with E-state index in [0.29, 0.717) is 5.56 Å². The van der Waals surface area contributed by atoms with Crippen LogP contribution in [0, 0.1) is 0 Å². The predicted molar refractivity (Wildman–Crippen MR) is 126 cm³/mol. The van der Waals surface area contributed by atoms with Gasteiger partial charge in [-0.15, -0.1) is 0 Å². The predicted octanol–water partition coefficient (Wildman–Crippen LogP) is 6.80. The fourth-order valence-electron chi connectivity index (χ4n) is 3.73. The van der Waals surface area contributed by atoms with Crippen molar-refractivity contribution in [1.82, 2.24) is 0 Å². The molecular formula is C26H21O4P. The zero-order valence-electron chi connectivity index (χ0n) is 16.7. The molecule has 0 unspecified atom stereocenters. The second kappa shape index (κ2) is 8.75. The molecule has 0 spiro atoms. The first-order valence-electron chi connectivity index (χ1n) is 9.73. The third-order valence-electron chi connectivity index (χ3n) is 4.96.